The summed E-state index contributed by atoms with van der Waals surface area (Å²) in [6.07, 6.45) is 1.89. The second kappa shape index (κ2) is 5.36. The Kier molecular flexibility index (Phi) is 4.12. The van der Waals surface area contributed by atoms with Gasteiger partial charge in [-0.25, -0.2) is 5.43 Å². The molecule has 1 aromatic carbocycles. The Morgan fingerprint density at radius 1 is 1.41 bits per heavy atom. The van der Waals surface area contributed by atoms with Gasteiger partial charge in [0.15, 0.2) is 0 Å². The molecule has 0 bridgehead atoms. The zero-order chi connectivity index (χ0) is 11.5. The van der Waals surface area contributed by atoms with Crippen molar-refractivity contribution in [2.45, 2.75) is 6.92 Å². The molecule has 0 saturated heterocycles. The zero-order valence-corrected chi connectivity index (χ0v) is 10.1. The summed E-state index contributed by atoms with van der Waals surface area (Å²) in [6.45, 7) is 1.87. The number of hydrogen-bond acceptors (Lipinski definition) is 2. The number of nitrogens with two attached hydrogens (primary N) is 1. The number of nitrogens with zero attached hydrogens (tertiary/aromatic N) is 1. The summed E-state index contributed by atoms with van der Waals surface area (Å²) >= 11 is 0. The molecule has 1 aromatic heterocycles. The van der Waals surface area contributed by atoms with E-state index in [0.717, 1.165) is 22.2 Å². The lowest BCUT2D eigenvalue weighted by atomic mass is 10.1. The van der Waals surface area contributed by atoms with Crippen LogP contribution in [-0.4, -0.2) is 16.7 Å². The van der Waals surface area contributed by atoms with Gasteiger partial charge in [0.1, 0.15) is 0 Å². The van der Waals surface area contributed by atoms with Crippen LogP contribution in [0.2, 0.25) is 0 Å². The number of hydrogen-bond donors (Lipinski definition) is 4. The molecule has 0 saturated carbocycles. The van der Waals surface area contributed by atoms with Crippen LogP contribution in [0.4, 0.5) is 0 Å². The van der Waals surface area contributed by atoms with Crippen molar-refractivity contribution in [3.05, 3.63) is 36.0 Å². The first-order chi connectivity index (χ1) is 7.68. The largest absolute Gasteiger partial charge is 0.369 e. The highest BCUT2D eigenvalue weighted by Crippen LogP contribution is 2.17. The van der Waals surface area contributed by atoms with Gasteiger partial charge in [-0.3, -0.25) is 5.41 Å². The number of halogens is 1. The number of H-pyrrole nitrogens is 1. The lowest BCUT2D eigenvalue weighted by molar-refractivity contribution is 0.992. The molecular weight excluding hydrogens is 238 g/mol. The normalized spacial score (nSPS) is 11.0. The lowest BCUT2D eigenvalue weighted by Gasteiger charge is -1.99. The van der Waals surface area contributed by atoms with E-state index in [4.69, 9.17) is 11.1 Å². The Bertz CT molecular complexity index is 558. The molecule has 0 fully saturated rings. The van der Waals surface area contributed by atoms with Crippen LogP contribution < -0.4 is 11.2 Å². The summed E-state index contributed by atoms with van der Waals surface area (Å²) in [5.41, 5.74) is 10.5. The monoisotopic (exact) mass is 251 g/mol. The van der Waals surface area contributed by atoms with E-state index in [1.54, 1.807) is 0 Å². The Morgan fingerprint density at radius 2 is 2.12 bits per heavy atom. The molecule has 0 aliphatic carbocycles. The number of rotatable bonds is 2. The van der Waals surface area contributed by atoms with Gasteiger partial charge < -0.3 is 10.7 Å². The number of nitrogens with one attached hydrogen (secondary N) is 3. The van der Waals surface area contributed by atoms with Gasteiger partial charge in [-0.15, -0.1) is 12.4 Å². The molecule has 2 rings (SSSR count). The number of para-hydroxylation sites is 1. The van der Waals surface area contributed by atoms with Crippen LogP contribution >= 0.6 is 12.4 Å². The summed E-state index contributed by atoms with van der Waals surface area (Å²) in [6, 6.07) is 7.98. The number of aromatic nitrogens is 1. The number of hydrazone groups is 1. The predicted molar refractivity (Wildman–Crippen MR) is 72.8 cm³/mol. The van der Waals surface area contributed by atoms with Gasteiger partial charge in [-0.05, 0) is 13.0 Å². The van der Waals surface area contributed by atoms with Crippen molar-refractivity contribution in [3.8, 4) is 0 Å². The molecular formula is C11H14ClN5. The maximum atomic E-state index is 7.03. The van der Waals surface area contributed by atoms with E-state index < -0.39 is 0 Å². The van der Waals surface area contributed by atoms with E-state index in [0.29, 0.717) is 0 Å². The third-order valence-corrected chi connectivity index (χ3v) is 2.32. The van der Waals surface area contributed by atoms with Crippen molar-refractivity contribution >= 4 is 35.0 Å². The van der Waals surface area contributed by atoms with Gasteiger partial charge in [0.25, 0.3) is 0 Å². The third kappa shape index (κ3) is 2.76. The maximum absolute atomic E-state index is 7.03. The average molecular weight is 252 g/mol. The van der Waals surface area contributed by atoms with Crippen molar-refractivity contribution in [2.24, 2.45) is 10.8 Å². The van der Waals surface area contributed by atoms with Crippen LogP contribution in [0.25, 0.3) is 10.9 Å². The molecule has 1 heterocycles. The molecule has 5 nitrogen and oxygen atoms in total. The lowest BCUT2D eigenvalue weighted by Crippen LogP contribution is -2.26. The molecule has 0 spiro atoms. The summed E-state index contributed by atoms with van der Waals surface area (Å²) in [5.74, 6) is -0.167. The highest BCUT2D eigenvalue weighted by atomic mass is 35.5. The summed E-state index contributed by atoms with van der Waals surface area (Å²) in [4.78, 5) is 3.16. The fourth-order valence-corrected chi connectivity index (χ4v) is 1.58. The average Bonchev–Trinajstić information content (AvgIpc) is 2.69. The van der Waals surface area contributed by atoms with Crippen molar-refractivity contribution in [2.75, 3.05) is 0 Å². The van der Waals surface area contributed by atoms with E-state index in [9.17, 15) is 0 Å². The van der Waals surface area contributed by atoms with E-state index in [2.05, 4.69) is 15.5 Å². The van der Waals surface area contributed by atoms with Crippen LogP contribution in [0.3, 0.4) is 0 Å². The number of fused-ring (bicyclic) bond motifs is 1. The Labute approximate surface area is 105 Å². The Hall–Kier alpha value is -2.01. The number of aromatic amines is 1. The minimum absolute atomic E-state index is 0. The van der Waals surface area contributed by atoms with Crippen molar-refractivity contribution in [1.29, 1.82) is 5.41 Å². The van der Waals surface area contributed by atoms with Gasteiger partial charge in [0, 0.05) is 22.7 Å². The van der Waals surface area contributed by atoms with Gasteiger partial charge in [-0.1, -0.05) is 18.2 Å². The van der Waals surface area contributed by atoms with Crippen molar-refractivity contribution < 1.29 is 0 Å². The molecule has 2 aromatic rings. The van der Waals surface area contributed by atoms with Crippen LogP contribution in [0, 0.1) is 5.41 Å². The molecule has 0 atom stereocenters. The fourth-order valence-electron chi connectivity index (χ4n) is 1.58. The molecule has 0 amide bonds. The molecule has 0 aliphatic rings. The summed E-state index contributed by atoms with van der Waals surface area (Å²) < 4.78 is 0. The van der Waals surface area contributed by atoms with Gasteiger partial charge in [0.2, 0.25) is 5.96 Å². The van der Waals surface area contributed by atoms with Crippen LogP contribution in [0.1, 0.15) is 12.5 Å². The van der Waals surface area contributed by atoms with E-state index in [1.807, 2.05) is 37.4 Å². The standard InChI is InChI=1S/C11H13N5.ClH/c1-7(15-16-11(12)13)9-6-14-10-5-3-2-4-8(9)10;/h2-6,14H,1H3,(H4,12,13,16);1H/b15-7+;. The minimum atomic E-state index is -0.167. The van der Waals surface area contributed by atoms with Gasteiger partial charge in [0.05, 0.1) is 5.71 Å². The fraction of sp³-hybridized carbons (Fsp3) is 0.0909. The highest BCUT2D eigenvalue weighted by molar-refractivity contribution is 6.09. The van der Waals surface area contributed by atoms with Crippen molar-refractivity contribution in [3.63, 3.8) is 0 Å². The molecule has 0 aliphatic heterocycles. The molecule has 17 heavy (non-hydrogen) atoms. The minimum Gasteiger partial charge on any atom is -0.369 e. The maximum Gasteiger partial charge on any atom is 0.206 e. The molecule has 90 valence electrons. The van der Waals surface area contributed by atoms with Crippen LogP contribution in [0.15, 0.2) is 35.6 Å². The van der Waals surface area contributed by atoms with E-state index in [-0.39, 0.29) is 18.4 Å². The molecule has 5 N–H and O–H groups in total. The topological polar surface area (TPSA) is 90.1 Å². The second-order valence-corrected chi connectivity index (χ2v) is 3.47. The first-order valence-corrected chi connectivity index (χ1v) is 4.89. The highest BCUT2D eigenvalue weighted by Gasteiger charge is 2.05. The smallest absolute Gasteiger partial charge is 0.206 e. The number of guanidine groups is 1. The van der Waals surface area contributed by atoms with E-state index >= 15 is 0 Å². The van der Waals surface area contributed by atoms with Gasteiger partial charge in [-0.2, -0.15) is 5.10 Å². The Morgan fingerprint density at radius 3 is 2.82 bits per heavy atom. The molecule has 0 unspecified atom stereocenters. The first-order valence-electron chi connectivity index (χ1n) is 4.89. The van der Waals surface area contributed by atoms with Crippen LogP contribution in [0.5, 0.6) is 0 Å². The zero-order valence-electron chi connectivity index (χ0n) is 9.32. The van der Waals surface area contributed by atoms with Crippen molar-refractivity contribution in [1.82, 2.24) is 10.4 Å². The quantitative estimate of drug-likeness (QED) is 0.372. The third-order valence-electron chi connectivity index (χ3n) is 2.32. The summed E-state index contributed by atoms with van der Waals surface area (Å²) in [5, 5.41) is 12.1. The first kappa shape index (κ1) is 13.1. The number of benzene rings is 1. The molecule has 6 heteroatoms. The summed E-state index contributed by atoms with van der Waals surface area (Å²) in [7, 11) is 0. The second-order valence-electron chi connectivity index (χ2n) is 3.47. The molecule has 0 radical (unpaired) electrons. The predicted octanol–water partition coefficient (Wildman–Crippen LogP) is 1.80. The van der Waals surface area contributed by atoms with Crippen LogP contribution in [-0.2, 0) is 0 Å². The van der Waals surface area contributed by atoms with E-state index in [1.165, 1.54) is 0 Å². The Balaban J connectivity index is 0.00000144. The van der Waals surface area contributed by atoms with Gasteiger partial charge >= 0.3 is 0 Å². The SMILES string of the molecule is C/C(=N\NC(=N)N)c1c[nH]c2ccccc12.Cl.